The van der Waals surface area contributed by atoms with Gasteiger partial charge >= 0.3 is 0 Å². The van der Waals surface area contributed by atoms with E-state index in [1.807, 2.05) is 26.0 Å². The van der Waals surface area contributed by atoms with Crippen molar-refractivity contribution in [2.45, 2.75) is 26.2 Å². The van der Waals surface area contributed by atoms with Gasteiger partial charge in [-0.05, 0) is 52.9 Å². The van der Waals surface area contributed by atoms with Crippen molar-refractivity contribution >= 4 is 34.8 Å². The first-order valence-electron chi connectivity index (χ1n) is 10.1. The molecular formula is C25H25Cl2NO4. The van der Waals surface area contributed by atoms with E-state index >= 15 is 0 Å². The van der Waals surface area contributed by atoms with Crippen LogP contribution < -0.4 is 9.64 Å². The summed E-state index contributed by atoms with van der Waals surface area (Å²) in [6.07, 6.45) is 0.493. The number of halogens is 2. The fourth-order valence-electron chi connectivity index (χ4n) is 3.34. The van der Waals surface area contributed by atoms with Crippen LogP contribution in [0, 0.1) is 0 Å². The number of hydrogen-bond donors (Lipinski definition) is 2. The molecule has 3 aromatic rings. The molecule has 3 rings (SSSR count). The Morgan fingerprint density at radius 3 is 2.28 bits per heavy atom. The molecule has 0 fully saturated rings. The van der Waals surface area contributed by atoms with Crippen LogP contribution in [-0.2, 0) is 11.2 Å². The number of phenolic OH excluding ortho intramolecular Hbond substituents is 2. The quantitative estimate of drug-likeness (QED) is 0.430. The highest BCUT2D eigenvalue weighted by atomic mass is 35.5. The van der Waals surface area contributed by atoms with Gasteiger partial charge in [-0.15, -0.1) is 0 Å². The van der Waals surface area contributed by atoms with Crippen LogP contribution in [0.4, 0.5) is 5.69 Å². The number of nitrogens with zero attached hydrogens (tertiary/aromatic N) is 1. The summed E-state index contributed by atoms with van der Waals surface area (Å²) in [6, 6.07) is 15.3. The Morgan fingerprint density at radius 2 is 1.66 bits per heavy atom. The Kier molecular flexibility index (Phi) is 7.54. The lowest BCUT2D eigenvalue weighted by molar-refractivity contribution is -0.120. The minimum atomic E-state index is -0.340. The second kappa shape index (κ2) is 10.2. The first kappa shape index (κ1) is 23.8. The minimum absolute atomic E-state index is 0.00801. The first-order chi connectivity index (χ1) is 15.2. The van der Waals surface area contributed by atoms with Crippen LogP contribution in [0.1, 0.15) is 36.5 Å². The number of ether oxygens (including phenoxy) is 1. The van der Waals surface area contributed by atoms with Gasteiger partial charge in [-0.3, -0.25) is 4.79 Å². The van der Waals surface area contributed by atoms with Gasteiger partial charge < -0.3 is 19.8 Å². The third-order valence-corrected chi connectivity index (χ3v) is 5.86. The number of carbonyl (C=O) groups is 1. The number of carbonyl (C=O) groups excluding carboxylic acids is 1. The number of amides is 1. The molecule has 168 valence electrons. The summed E-state index contributed by atoms with van der Waals surface area (Å²) < 4.78 is 5.61. The van der Waals surface area contributed by atoms with Gasteiger partial charge in [-0.2, -0.15) is 0 Å². The smallest absolute Gasteiger partial charge is 0.264 e. The molecule has 0 heterocycles. The molecule has 3 aromatic carbocycles. The summed E-state index contributed by atoms with van der Waals surface area (Å²) in [5.41, 5.74) is 2.96. The van der Waals surface area contributed by atoms with Gasteiger partial charge in [0.1, 0.15) is 17.2 Å². The predicted octanol–water partition coefficient (Wildman–Crippen LogP) is 6.16. The Labute approximate surface area is 197 Å². The summed E-state index contributed by atoms with van der Waals surface area (Å²) in [6.45, 7) is 3.79. The van der Waals surface area contributed by atoms with Gasteiger partial charge in [0, 0.05) is 23.5 Å². The fourth-order valence-corrected chi connectivity index (χ4v) is 3.94. The molecule has 0 aliphatic heterocycles. The zero-order chi connectivity index (χ0) is 23.4. The van der Waals surface area contributed by atoms with E-state index < -0.39 is 0 Å². The number of aromatic hydroxyl groups is 2. The average Bonchev–Trinajstić information content (AvgIpc) is 2.75. The molecule has 2 N–H and O–H groups in total. The Hall–Kier alpha value is -2.89. The highest BCUT2D eigenvalue weighted by molar-refractivity contribution is 6.36. The fraction of sp³-hybridized carbons (Fsp3) is 0.240. The van der Waals surface area contributed by atoms with Crippen LogP contribution in [0.3, 0.4) is 0 Å². The lowest BCUT2D eigenvalue weighted by atomic mass is 9.96. The van der Waals surface area contributed by atoms with Crippen molar-refractivity contribution in [3.63, 3.8) is 0 Å². The van der Waals surface area contributed by atoms with E-state index in [1.54, 1.807) is 43.4 Å². The molecule has 7 heteroatoms. The van der Waals surface area contributed by atoms with Crippen molar-refractivity contribution in [3.8, 4) is 17.2 Å². The Balaban J connectivity index is 1.71. The van der Waals surface area contributed by atoms with Gasteiger partial charge in [-0.25, -0.2) is 0 Å². The molecule has 32 heavy (non-hydrogen) atoms. The Morgan fingerprint density at radius 1 is 1.00 bits per heavy atom. The molecule has 1 amide bonds. The molecule has 0 unspecified atom stereocenters. The van der Waals surface area contributed by atoms with E-state index in [4.69, 9.17) is 27.9 Å². The highest BCUT2D eigenvalue weighted by Gasteiger charge is 2.16. The van der Waals surface area contributed by atoms with E-state index in [9.17, 15) is 15.0 Å². The summed E-state index contributed by atoms with van der Waals surface area (Å²) in [5.74, 6) is 0.492. The maximum absolute atomic E-state index is 12.5. The van der Waals surface area contributed by atoms with E-state index in [0.29, 0.717) is 27.9 Å². The molecule has 0 aromatic heterocycles. The normalized spacial score (nSPS) is 10.9. The van der Waals surface area contributed by atoms with Crippen LogP contribution in [0.5, 0.6) is 17.2 Å². The lowest BCUT2D eigenvalue weighted by Gasteiger charge is -2.19. The van der Waals surface area contributed by atoms with Crippen molar-refractivity contribution in [3.05, 3.63) is 81.3 Å². The van der Waals surface area contributed by atoms with E-state index in [1.165, 1.54) is 11.0 Å². The van der Waals surface area contributed by atoms with Gasteiger partial charge in [-0.1, -0.05) is 61.3 Å². The number of hydrogen-bond acceptors (Lipinski definition) is 4. The summed E-state index contributed by atoms with van der Waals surface area (Å²) >= 11 is 12.9. The first-order valence-corrected chi connectivity index (χ1v) is 10.9. The molecule has 0 spiro atoms. The van der Waals surface area contributed by atoms with E-state index in [-0.39, 0.29) is 29.9 Å². The maximum atomic E-state index is 12.5. The van der Waals surface area contributed by atoms with Gasteiger partial charge in [0.25, 0.3) is 5.91 Å². The van der Waals surface area contributed by atoms with Crippen LogP contribution in [0.2, 0.25) is 10.0 Å². The average molecular weight is 474 g/mol. The second-order valence-corrected chi connectivity index (χ2v) is 8.63. The molecular weight excluding hydrogens is 449 g/mol. The molecule has 0 atom stereocenters. The van der Waals surface area contributed by atoms with Gasteiger partial charge in [0.2, 0.25) is 0 Å². The topological polar surface area (TPSA) is 70.0 Å². The van der Waals surface area contributed by atoms with Crippen LogP contribution in [0.25, 0.3) is 0 Å². The minimum Gasteiger partial charge on any atom is -0.508 e. The molecule has 0 aliphatic rings. The number of para-hydroxylation sites is 2. The van der Waals surface area contributed by atoms with Crippen LogP contribution in [-0.4, -0.2) is 29.8 Å². The van der Waals surface area contributed by atoms with Crippen molar-refractivity contribution in [2.75, 3.05) is 18.6 Å². The zero-order valence-electron chi connectivity index (χ0n) is 18.1. The second-order valence-electron chi connectivity index (χ2n) is 7.82. The summed E-state index contributed by atoms with van der Waals surface area (Å²) in [4.78, 5) is 13.8. The van der Waals surface area contributed by atoms with Crippen molar-refractivity contribution in [1.29, 1.82) is 0 Å². The third kappa shape index (κ3) is 5.47. The van der Waals surface area contributed by atoms with Crippen molar-refractivity contribution in [1.82, 2.24) is 0 Å². The monoisotopic (exact) mass is 473 g/mol. The Bertz CT molecular complexity index is 1110. The van der Waals surface area contributed by atoms with Crippen molar-refractivity contribution < 1.29 is 19.7 Å². The van der Waals surface area contributed by atoms with Crippen LogP contribution >= 0.6 is 23.2 Å². The largest absolute Gasteiger partial charge is 0.508 e. The number of benzene rings is 3. The standard InChI is InChI=1S/C25H25Cl2NO4/c1-15(2)18-10-16(8-9-23(18)29)11-19-20(26)12-17(13-21(19)27)32-14-25(31)28(3)22-6-4-5-7-24(22)30/h4-10,12-13,15,29-30H,11,14H2,1-3H3. The summed E-state index contributed by atoms with van der Waals surface area (Å²) in [7, 11) is 1.56. The number of likely N-dealkylation sites (N-methyl/N-ethyl adjacent to an activating group) is 1. The number of phenols is 2. The molecule has 0 aliphatic carbocycles. The molecule has 0 saturated heterocycles. The van der Waals surface area contributed by atoms with E-state index in [2.05, 4.69) is 0 Å². The number of rotatable bonds is 7. The molecule has 0 saturated carbocycles. The van der Waals surface area contributed by atoms with Gasteiger partial charge in [0.05, 0.1) is 5.69 Å². The van der Waals surface area contributed by atoms with E-state index in [0.717, 1.165) is 16.7 Å². The number of anilines is 1. The molecule has 0 radical (unpaired) electrons. The predicted molar refractivity (Wildman–Crippen MR) is 128 cm³/mol. The SMILES string of the molecule is CC(C)c1cc(Cc2c(Cl)cc(OCC(=O)N(C)c3ccccc3O)cc2Cl)ccc1O. The third-order valence-electron chi connectivity index (χ3n) is 5.19. The molecule has 5 nitrogen and oxygen atoms in total. The van der Waals surface area contributed by atoms with Gasteiger partial charge in [0.15, 0.2) is 6.61 Å². The zero-order valence-corrected chi connectivity index (χ0v) is 19.6. The highest BCUT2D eigenvalue weighted by Crippen LogP contribution is 2.34. The summed E-state index contributed by atoms with van der Waals surface area (Å²) in [5, 5.41) is 20.8. The lowest BCUT2D eigenvalue weighted by Crippen LogP contribution is -2.31. The van der Waals surface area contributed by atoms with Crippen LogP contribution in [0.15, 0.2) is 54.6 Å². The van der Waals surface area contributed by atoms with Crippen molar-refractivity contribution in [2.24, 2.45) is 0 Å². The molecule has 0 bridgehead atoms. The maximum Gasteiger partial charge on any atom is 0.264 e.